The van der Waals surface area contributed by atoms with Gasteiger partial charge in [-0.15, -0.1) is 0 Å². The molecule has 2 N–H and O–H groups in total. The van der Waals surface area contributed by atoms with Crippen molar-refractivity contribution >= 4 is 29.4 Å². The van der Waals surface area contributed by atoms with Crippen LogP contribution < -0.4 is 10.6 Å². The minimum Gasteiger partial charge on any atom is -0.466 e. The molecule has 0 unspecified atom stereocenters. The molecule has 1 rings (SSSR count). The fraction of sp³-hybridized carbons (Fsp3) is 0.267. The zero-order valence-corrected chi connectivity index (χ0v) is 13.0. The van der Waals surface area contributed by atoms with Crippen LogP contribution in [0.2, 0.25) is 0 Å². The summed E-state index contributed by atoms with van der Waals surface area (Å²) in [6.07, 6.45) is 0.375. The van der Waals surface area contributed by atoms with Gasteiger partial charge in [0.05, 0.1) is 26.9 Å². The summed E-state index contributed by atoms with van der Waals surface area (Å²) in [4.78, 5) is 34.3. The molecule has 0 bridgehead atoms. The molecule has 0 aliphatic carbocycles. The number of methoxy groups -OCH3 is 2. The predicted octanol–water partition coefficient (Wildman–Crippen LogP) is 1.90. The summed E-state index contributed by atoms with van der Waals surface area (Å²) >= 11 is 0. The zero-order valence-electron chi connectivity index (χ0n) is 13.0. The van der Waals surface area contributed by atoms with Gasteiger partial charge in [-0.2, -0.15) is 0 Å². The number of esters is 2. The van der Waals surface area contributed by atoms with Crippen molar-refractivity contribution in [2.45, 2.75) is 6.92 Å². The first-order valence-electron chi connectivity index (χ1n) is 6.69. The molecule has 0 saturated carbocycles. The highest BCUT2D eigenvalue weighted by atomic mass is 16.5. The maximum atomic E-state index is 11.7. The molecule has 0 heterocycles. The molecule has 1 aromatic rings. The van der Waals surface area contributed by atoms with E-state index in [0.717, 1.165) is 6.08 Å². The first-order chi connectivity index (χ1) is 11.0. The summed E-state index contributed by atoms with van der Waals surface area (Å²) in [7, 11) is 2.38. The first-order valence-corrected chi connectivity index (χ1v) is 6.69. The van der Waals surface area contributed by atoms with E-state index >= 15 is 0 Å². The van der Waals surface area contributed by atoms with Crippen molar-refractivity contribution in [3.63, 3.8) is 0 Å². The van der Waals surface area contributed by atoms with Crippen LogP contribution in [0.4, 0.5) is 16.2 Å². The van der Waals surface area contributed by atoms with Crippen molar-refractivity contribution in [2.75, 3.05) is 31.5 Å². The Balaban J connectivity index is 2.92. The van der Waals surface area contributed by atoms with Crippen molar-refractivity contribution in [1.29, 1.82) is 0 Å². The van der Waals surface area contributed by atoms with Crippen molar-refractivity contribution in [3.05, 3.63) is 36.0 Å². The van der Waals surface area contributed by atoms with Crippen molar-refractivity contribution < 1.29 is 28.6 Å². The van der Waals surface area contributed by atoms with Gasteiger partial charge in [0.15, 0.2) is 0 Å². The molecule has 1 amide bonds. The molecule has 0 fully saturated rings. The Labute approximate surface area is 133 Å². The highest BCUT2D eigenvalue weighted by molar-refractivity contribution is 5.98. The van der Waals surface area contributed by atoms with Crippen molar-refractivity contribution in [3.8, 4) is 0 Å². The van der Waals surface area contributed by atoms with Gasteiger partial charge in [-0.1, -0.05) is 6.07 Å². The molecule has 0 aromatic heterocycles. The predicted molar refractivity (Wildman–Crippen MR) is 82.8 cm³/mol. The second-order valence-electron chi connectivity index (χ2n) is 4.12. The van der Waals surface area contributed by atoms with Crippen molar-refractivity contribution in [1.82, 2.24) is 0 Å². The molecule has 8 nitrogen and oxygen atoms in total. The number of benzene rings is 1. The Morgan fingerprint density at radius 2 is 1.74 bits per heavy atom. The van der Waals surface area contributed by atoms with Gasteiger partial charge in [-0.05, 0) is 25.1 Å². The van der Waals surface area contributed by atoms with Crippen LogP contribution in [0.25, 0.3) is 0 Å². The molecular weight excluding hydrogens is 304 g/mol. The smallest absolute Gasteiger partial charge is 0.411 e. The van der Waals surface area contributed by atoms with E-state index in [0.29, 0.717) is 11.4 Å². The number of hydrogen-bond donors (Lipinski definition) is 2. The van der Waals surface area contributed by atoms with Crippen LogP contribution in [0.5, 0.6) is 0 Å². The summed E-state index contributed by atoms with van der Waals surface area (Å²) in [6.45, 7) is 1.94. The molecule has 1 aromatic carbocycles. The van der Waals surface area contributed by atoms with Crippen LogP contribution in [0.1, 0.15) is 6.92 Å². The number of rotatable bonds is 6. The lowest BCUT2D eigenvalue weighted by Crippen LogP contribution is -2.16. The summed E-state index contributed by atoms with van der Waals surface area (Å²) in [5, 5.41) is 5.26. The molecule has 0 aliphatic rings. The number of amides is 1. The van der Waals surface area contributed by atoms with E-state index in [1.807, 2.05) is 0 Å². The normalized spacial score (nSPS) is 10.5. The maximum absolute atomic E-state index is 11.7. The summed E-state index contributed by atoms with van der Waals surface area (Å²) in [5.41, 5.74) is 0.809. The van der Waals surface area contributed by atoms with Gasteiger partial charge >= 0.3 is 18.0 Å². The largest absolute Gasteiger partial charge is 0.466 e. The molecule has 0 radical (unpaired) electrons. The number of ether oxygens (including phenoxy) is 3. The fourth-order valence-corrected chi connectivity index (χ4v) is 1.55. The molecule has 124 valence electrons. The Morgan fingerprint density at radius 3 is 2.30 bits per heavy atom. The molecule has 0 aliphatic heterocycles. The van der Waals surface area contributed by atoms with Gasteiger partial charge in [-0.3, -0.25) is 5.32 Å². The van der Waals surface area contributed by atoms with Gasteiger partial charge in [0.25, 0.3) is 0 Å². The van der Waals surface area contributed by atoms with Gasteiger partial charge in [0.2, 0.25) is 0 Å². The second-order valence-corrected chi connectivity index (χ2v) is 4.12. The topological polar surface area (TPSA) is 103 Å². The van der Waals surface area contributed by atoms with Gasteiger partial charge in [-0.25, -0.2) is 14.4 Å². The van der Waals surface area contributed by atoms with E-state index in [1.54, 1.807) is 31.2 Å². The minimum atomic E-state index is -0.737. The van der Waals surface area contributed by atoms with Crippen LogP contribution in [0.3, 0.4) is 0 Å². The number of hydrogen-bond acceptors (Lipinski definition) is 7. The lowest BCUT2D eigenvalue weighted by molar-refractivity contribution is -0.138. The number of anilines is 2. The van der Waals surface area contributed by atoms with Crippen LogP contribution in [0, 0.1) is 0 Å². The highest BCUT2D eigenvalue weighted by Crippen LogP contribution is 2.17. The Kier molecular flexibility index (Phi) is 7.12. The maximum Gasteiger partial charge on any atom is 0.411 e. The standard InChI is InChI=1S/C15H18N2O6/c1-4-23-15(20)17-11-7-5-6-10(8-11)16-12(14(19)22-3)9-13(18)21-2/h5-9,16H,4H2,1-3H3,(H,17,20)/b12-9+. The third-order valence-corrected chi connectivity index (χ3v) is 2.53. The summed E-state index contributed by atoms with van der Waals surface area (Å²) in [5.74, 6) is -1.45. The molecular formula is C15H18N2O6. The van der Waals surface area contributed by atoms with E-state index in [9.17, 15) is 14.4 Å². The molecule has 8 heteroatoms. The Hall–Kier alpha value is -3.03. The van der Waals surface area contributed by atoms with Crippen LogP contribution in [-0.2, 0) is 23.8 Å². The van der Waals surface area contributed by atoms with E-state index in [1.165, 1.54) is 14.2 Å². The number of carbonyl (C=O) groups is 3. The van der Waals surface area contributed by atoms with E-state index in [4.69, 9.17) is 4.74 Å². The second kappa shape index (κ2) is 9.08. The molecule has 0 atom stereocenters. The van der Waals surface area contributed by atoms with Gasteiger partial charge < -0.3 is 19.5 Å². The summed E-state index contributed by atoms with van der Waals surface area (Å²) in [6, 6.07) is 6.50. The average molecular weight is 322 g/mol. The average Bonchev–Trinajstić information content (AvgIpc) is 2.53. The van der Waals surface area contributed by atoms with Crippen LogP contribution in [0.15, 0.2) is 36.0 Å². The van der Waals surface area contributed by atoms with E-state index in [-0.39, 0.29) is 12.3 Å². The minimum absolute atomic E-state index is 0.104. The lowest BCUT2D eigenvalue weighted by Gasteiger charge is -2.11. The van der Waals surface area contributed by atoms with Gasteiger partial charge in [0.1, 0.15) is 5.70 Å². The SMILES string of the molecule is CCOC(=O)Nc1cccc(N/C(=C/C(=O)OC)C(=O)OC)c1. The highest BCUT2D eigenvalue weighted by Gasteiger charge is 2.13. The Bertz CT molecular complexity index is 612. The van der Waals surface area contributed by atoms with Gasteiger partial charge in [0, 0.05) is 11.4 Å². The van der Waals surface area contributed by atoms with E-state index < -0.39 is 18.0 Å². The van der Waals surface area contributed by atoms with Crippen molar-refractivity contribution in [2.24, 2.45) is 0 Å². The summed E-state index contributed by atoms with van der Waals surface area (Å²) < 4.78 is 13.8. The zero-order chi connectivity index (χ0) is 17.2. The number of nitrogens with one attached hydrogen (secondary N) is 2. The Morgan fingerprint density at radius 1 is 1.09 bits per heavy atom. The third-order valence-electron chi connectivity index (χ3n) is 2.53. The molecule has 0 saturated heterocycles. The lowest BCUT2D eigenvalue weighted by atomic mass is 10.2. The van der Waals surface area contributed by atoms with Crippen LogP contribution >= 0.6 is 0 Å². The molecule has 0 spiro atoms. The monoisotopic (exact) mass is 322 g/mol. The molecule has 23 heavy (non-hydrogen) atoms. The van der Waals surface area contributed by atoms with Crippen LogP contribution in [-0.4, -0.2) is 38.9 Å². The quantitative estimate of drug-likeness (QED) is 0.468. The fourth-order valence-electron chi connectivity index (χ4n) is 1.55. The third kappa shape index (κ3) is 6.08. The van der Waals surface area contributed by atoms with E-state index in [2.05, 4.69) is 20.1 Å². The first kappa shape index (κ1) is 18.0. The number of carbonyl (C=O) groups excluding carboxylic acids is 3.